The number of phenols is 1. The molecule has 25 heavy (non-hydrogen) atoms. The van der Waals surface area contributed by atoms with Crippen molar-refractivity contribution in [2.45, 2.75) is 26.3 Å². The Morgan fingerprint density at radius 1 is 1.32 bits per heavy atom. The van der Waals surface area contributed by atoms with Gasteiger partial charge in [0.25, 0.3) is 0 Å². The third-order valence-corrected chi connectivity index (χ3v) is 5.96. The fourth-order valence-corrected chi connectivity index (χ4v) is 4.21. The highest BCUT2D eigenvalue weighted by molar-refractivity contribution is 7.10. The molecule has 0 saturated carbocycles. The van der Waals surface area contributed by atoms with Crippen molar-refractivity contribution >= 4 is 23.2 Å². The van der Waals surface area contributed by atoms with E-state index in [0.29, 0.717) is 23.6 Å². The van der Waals surface area contributed by atoms with Gasteiger partial charge in [-0.15, -0.1) is 11.3 Å². The van der Waals surface area contributed by atoms with Crippen LogP contribution in [0.25, 0.3) is 6.08 Å². The van der Waals surface area contributed by atoms with Gasteiger partial charge in [-0.3, -0.25) is 4.79 Å². The minimum atomic E-state index is -0.105. The van der Waals surface area contributed by atoms with Gasteiger partial charge in [-0.2, -0.15) is 0 Å². The molecule has 0 aliphatic carbocycles. The van der Waals surface area contributed by atoms with E-state index < -0.39 is 0 Å². The van der Waals surface area contributed by atoms with Gasteiger partial charge < -0.3 is 14.7 Å². The number of hydrogen-bond donors (Lipinski definition) is 2. The molecule has 0 amide bonds. The van der Waals surface area contributed by atoms with E-state index in [1.165, 1.54) is 17.7 Å². The number of ether oxygens (including phenoxy) is 1. The van der Waals surface area contributed by atoms with Crippen LogP contribution in [0.4, 0.5) is 0 Å². The second kappa shape index (κ2) is 6.65. The van der Waals surface area contributed by atoms with Crippen LogP contribution < -0.4 is 9.64 Å². The fourth-order valence-electron chi connectivity index (χ4n) is 3.57. The van der Waals surface area contributed by atoms with E-state index in [1.54, 1.807) is 29.5 Å². The molecule has 2 aliphatic heterocycles. The molecule has 1 saturated heterocycles. The van der Waals surface area contributed by atoms with E-state index >= 15 is 0 Å². The van der Waals surface area contributed by atoms with Crippen LogP contribution in [0.15, 0.2) is 35.4 Å². The van der Waals surface area contributed by atoms with Gasteiger partial charge in [-0.05, 0) is 42.3 Å². The first-order valence-electron chi connectivity index (χ1n) is 8.78. The van der Waals surface area contributed by atoms with Crippen LogP contribution in [0.5, 0.6) is 11.5 Å². The van der Waals surface area contributed by atoms with Gasteiger partial charge in [0, 0.05) is 11.0 Å². The lowest BCUT2D eigenvalue weighted by molar-refractivity contribution is -0.919. The number of phenolic OH excluding ortho intramolecular Hbond substituents is 1. The van der Waals surface area contributed by atoms with Gasteiger partial charge in [0.2, 0.25) is 5.78 Å². The van der Waals surface area contributed by atoms with Crippen molar-refractivity contribution < 1.29 is 19.5 Å². The minimum absolute atomic E-state index is 0.105. The lowest BCUT2D eigenvalue weighted by Gasteiger charge is -2.27. The normalized spacial score (nSPS) is 24.4. The van der Waals surface area contributed by atoms with Crippen molar-refractivity contribution in [2.75, 3.05) is 13.1 Å². The molecule has 1 fully saturated rings. The van der Waals surface area contributed by atoms with Crippen LogP contribution in [-0.2, 0) is 6.54 Å². The molecular formula is C20H22NO3S+. The number of carbonyl (C=O) groups excluding carboxylic acids is 1. The standard InChI is InChI=1S/C20H21NO3S/c1-13-6-8-21(9-7-13)12-16-17(22)5-4-15-19(23)18(24-20(15)16)11-14-3-2-10-25-14/h2-5,10-11,13,22H,6-9,12H2,1H3/p+1. The Morgan fingerprint density at radius 2 is 2.12 bits per heavy atom. The number of rotatable bonds is 3. The zero-order chi connectivity index (χ0) is 17.4. The molecule has 0 radical (unpaired) electrons. The Morgan fingerprint density at radius 3 is 2.84 bits per heavy atom. The monoisotopic (exact) mass is 356 g/mol. The van der Waals surface area contributed by atoms with Crippen LogP contribution in [0.3, 0.4) is 0 Å². The lowest BCUT2D eigenvalue weighted by atomic mass is 9.98. The number of Topliss-reactive ketones (excluding diaryl/α,β-unsaturated/α-hetero) is 1. The van der Waals surface area contributed by atoms with Crippen LogP contribution in [0, 0.1) is 5.92 Å². The molecule has 3 heterocycles. The summed E-state index contributed by atoms with van der Waals surface area (Å²) in [6.45, 7) is 5.17. The zero-order valence-electron chi connectivity index (χ0n) is 14.2. The maximum Gasteiger partial charge on any atom is 0.232 e. The Labute approximate surface area is 151 Å². The second-order valence-electron chi connectivity index (χ2n) is 7.00. The lowest BCUT2D eigenvalue weighted by Crippen LogP contribution is -3.11. The fraction of sp³-hybridized carbons (Fsp3) is 0.350. The molecule has 5 heteroatoms. The molecule has 0 unspecified atom stereocenters. The highest BCUT2D eigenvalue weighted by Gasteiger charge is 2.33. The van der Waals surface area contributed by atoms with Crippen LogP contribution >= 0.6 is 11.3 Å². The molecule has 130 valence electrons. The van der Waals surface area contributed by atoms with E-state index in [-0.39, 0.29) is 11.5 Å². The van der Waals surface area contributed by atoms with Crippen molar-refractivity contribution in [3.8, 4) is 11.5 Å². The number of fused-ring (bicyclic) bond motifs is 1. The summed E-state index contributed by atoms with van der Waals surface area (Å²) in [5.74, 6) is 1.77. The highest BCUT2D eigenvalue weighted by Crippen LogP contribution is 2.39. The van der Waals surface area contributed by atoms with Crippen molar-refractivity contribution in [2.24, 2.45) is 5.92 Å². The average Bonchev–Trinajstić information content (AvgIpc) is 3.22. The van der Waals surface area contributed by atoms with Gasteiger partial charge in [-0.25, -0.2) is 0 Å². The molecular weight excluding hydrogens is 334 g/mol. The van der Waals surface area contributed by atoms with Crippen LogP contribution in [0.2, 0.25) is 0 Å². The zero-order valence-corrected chi connectivity index (χ0v) is 15.1. The second-order valence-corrected chi connectivity index (χ2v) is 7.98. The summed E-state index contributed by atoms with van der Waals surface area (Å²) in [4.78, 5) is 15.1. The molecule has 4 rings (SSSR count). The number of likely N-dealkylation sites (tertiary alicyclic amines) is 1. The smallest absolute Gasteiger partial charge is 0.232 e. The van der Waals surface area contributed by atoms with E-state index in [1.807, 2.05) is 17.5 Å². The third kappa shape index (κ3) is 3.22. The first kappa shape index (κ1) is 16.4. The van der Waals surface area contributed by atoms with Crippen LogP contribution in [-0.4, -0.2) is 24.0 Å². The van der Waals surface area contributed by atoms with Gasteiger partial charge in [0.1, 0.15) is 12.3 Å². The number of carbonyl (C=O) groups is 1. The van der Waals surface area contributed by atoms with E-state index in [0.717, 1.165) is 29.4 Å². The van der Waals surface area contributed by atoms with Crippen molar-refractivity contribution in [1.82, 2.24) is 0 Å². The summed E-state index contributed by atoms with van der Waals surface area (Å²) < 4.78 is 5.91. The topological polar surface area (TPSA) is 51.0 Å². The number of thiophene rings is 1. The van der Waals surface area contributed by atoms with Gasteiger partial charge in [0.15, 0.2) is 11.5 Å². The van der Waals surface area contributed by atoms with E-state index in [2.05, 4.69) is 6.92 Å². The Bertz CT molecular complexity index is 818. The molecule has 2 N–H and O–H groups in total. The quantitative estimate of drug-likeness (QED) is 0.832. The SMILES string of the molecule is CC1CC[NH+](Cc2c(O)ccc3c2OC(=Cc2cccs2)C3=O)CC1. The number of benzene rings is 1. The predicted octanol–water partition coefficient (Wildman–Crippen LogP) is 2.88. The maximum absolute atomic E-state index is 12.6. The third-order valence-electron chi connectivity index (χ3n) is 5.14. The molecule has 0 bridgehead atoms. The first-order valence-corrected chi connectivity index (χ1v) is 9.66. The molecule has 4 nitrogen and oxygen atoms in total. The number of ketones is 1. The summed E-state index contributed by atoms with van der Waals surface area (Å²) >= 11 is 1.56. The summed E-state index contributed by atoms with van der Waals surface area (Å²) in [5, 5.41) is 12.3. The number of aromatic hydroxyl groups is 1. The Kier molecular flexibility index (Phi) is 4.36. The molecule has 1 aromatic carbocycles. The first-order chi connectivity index (χ1) is 12.1. The van der Waals surface area contributed by atoms with E-state index in [9.17, 15) is 9.90 Å². The summed E-state index contributed by atoms with van der Waals surface area (Å²) in [7, 11) is 0. The van der Waals surface area contributed by atoms with Gasteiger partial charge in [0.05, 0.1) is 24.2 Å². The molecule has 0 spiro atoms. The Hall–Kier alpha value is -2.11. The molecule has 1 aromatic heterocycles. The highest BCUT2D eigenvalue weighted by atomic mass is 32.1. The van der Waals surface area contributed by atoms with E-state index in [4.69, 9.17) is 4.74 Å². The minimum Gasteiger partial charge on any atom is -0.507 e. The number of nitrogens with one attached hydrogen (secondary N) is 1. The number of allylic oxidation sites excluding steroid dienone is 1. The predicted molar refractivity (Wildman–Crippen MR) is 98.2 cm³/mol. The summed E-state index contributed by atoms with van der Waals surface area (Å²) in [6, 6.07) is 7.19. The largest absolute Gasteiger partial charge is 0.507 e. The van der Waals surface area contributed by atoms with Crippen LogP contribution in [0.1, 0.15) is 40.6 Å². The number of piperidine rings is 1. The summed E-state index contributed by atoms with van der Waals surface area (Å²) in [6.07, 6.45) is 4.19. The Balaban J connectivity index is 1.62. The molecule has 2 aliphatic rings. The maximum atomic E-state index is 12.6. The van der Waals surface area contributed by atoms with Crippen molar-refractivity contribution in [1.29, 1.82) is 0 Å². The number of hydrogen-bond acceptors (Lipinski definition) is 4. The average molecular weight is 356 g/mol. The molecule has 0 atom stereocenters. The van der Waals surface area contributed by atoms with Crippen molar-refractivity contribution in [3.63, 3.8) is 0 Å². The van der Waals surface area contributed by atoms with Gasteiger partial charge in [-0.1, -0.05) is 13.0 Å². The van der Waals surface area contributed by atoms with Gasteiger partial charge >= 0.3 is 0 Å². The number of quaternary nitrogens is 1. The summed E-state index contributed by atoms with van der Waals surface area (Å²) in [5.41, 5.74) is 1.31. The molecule has 2 aromatic rings. The van der Waals surface area contributed by atoms with Crippen molar-refractivity contribution in [3.05, 3.63) is 51.4 Å².